The molecule has 1 aromatic carbocycles. The van der Waals surface area contributed by atoms with Gasteiger partial charge in [-0.3, -0.25) is 14.2 Å². The normalized spacial score (nSPS) is 15.4. The van der Waals surface area contributed by atoms with Gasteiger partial charge in [0.15, 0.2) is 17.1 Å². The van der Waals surface area contributed by atoms with Crippen LogP contribution in [0.4, 0.5) is 0 Å². The molecule has 1 atom stereocenters. The number of ether oxygens (including phenoxy) is 2. The highest BCUT2D eigenvalue weighted by atomic mass is 32.2. The van der Waals surface area contributed by atoms with Crippen LogP contribution in [0.25, 0.3) is 16.7 Å². The largest absolute Gasteiger partial charge is 0.351 e. The van der Waals surface area contributed by atoms with Crippen molar-refractivity contribution < 1.29 is 14.3 Å². The van der Waals surface area contributed by atoms with Gasteiger partial charge >= 0.3 is 0 Å². The number of thioether (sulfide) groups is 1. The van der Waals surface area contributed by atoms with E-state index in [4.69, 9.17) is 14.5 Å². The molecule has 1 amide bonds. The molecule has 1 aliphatic heterocycles. The second-order valence-corrected chi connectivity index (χ2v) is 8.50. The molecule has 4 rings (SSSR count). The van der Waals surface area contributed by atoms with Gasteiger partial charge in [-0.2, -0.15) is 5.10 Å². The Balaban J connectivity index is 1.54. The zero-order chi connectivity index (χ0) is 22.7. The first-order valence-corrected chi connectivity index (χ1v) is 11.7. The molecule has 9 nitrogen and oxygen atoms in total. The van der Waals surface area contributed by atoms with Gasteiger partial charge in [0, 0.05) is 25.4 Å². The maximum Gasteiger partial charge on any atom is 0.265 e. The molecule has 1 N–H and O–H groups in total. The van der Waals surface area contributed by atoms with E-state index in [9.17, 15) is 9.59 Å². The van der Waals surface area contributed by atoms with Crippen LogP contribution in [0.3, 0.4) is 0 Å². The molecule has 3 heterocycles. The highest BCUT2D eigenvalue weighted by molar-refractivity contribution is 7.99. The summed E-state index contributed by atoms with van der Waals surface area (Å²) in [5.41, 5.74) is 2.31. The molecule has 170 valence electrons. The molecule has 1 unspecified atom stereocenters. The summed E-state index contributed by atoms with van der Waals surface area (Å²) in [5.74, 6) is 0.454. The Morgan fingerprint density at radius 3 is 2.81 bits per heavy atom. The van der Waals surface area contributed by atoms with E-state index in [1.165, 1.54) is 11.8 Å². The molecule has 2 aromatic heterocycles. The smallest absolute Gasteiger partial charge is 0.265 e. The lowest BCUT2D eigenvalue weighted by atomic mass is 10.2. The van der Waals surface area contributed by atoms with Crippen molar-refractivity contribution in [1.29, 1.82) is 0 Å². The number of nitrogens with one attached hydrogen (secondary N) is 1. The third-order valence-electron chi connectivity index (χ3n) is 5.21. The van der Waals surface area contributed by atoms with Crippen LogP contribution in [0.1, 0.15) is 31.9 Å². The van der Waals surface area contributed by atoms with Crippen LogP contribution >= 0.6 is 11.8 Å². The van der Waals surface area contributed by atoms with Gasteiger partial charge in [0.05, 0.1) is 24.5 Å². The lowest BCUT2D eigenvalue weighted by Gasteiger charge is -2.18. The van der Waals surface area contributed by atoms with Crippen LogP contribution in [-0.2, 0) is 14.3 Å². The first kappa shape index (κ1) is 22.5. The quantitative estimate of drug-likeness (QED) is 0.389. The van der Waals surface area contributed by atoms with Crippen molar-refractivity contribution in [2.75, 3.05) is 25.5 Å². The maximum atomic E-state index is 13.2. The summed E-state index contributed by atoms with van der Waals surface area (Å²) in [6, 6.07) is 7.62. The Kier molecular flexibility index (Phi) is 6.92. The summed E-state index contributed by atoms with van der Waals surface area (Å²) in [6.45, 7) is 7.03. The fraction of sp³-hybridized carbons (Fsp3) is 0.455. The average Bonchev–Trinajstić information content (AvgIpc) is 3.37. The molecule has 0 saturated carbocycles. The molecular weight excluding hydrogens is 430 g/mol. The average molecular weight is 458 g/mol. The molecular formula is C22H27N5O4S. The maximum absolute atomic E-state index is 13.2. The summed E-state index contributed by atoms with van der Waals surface area (Å²) >= 11 is 1.48. The number of hydrogen-bond donors (Lipinski definition) is 1. The molecule has 0 fully saturated rings. The minimum Gasteiger partial charge on any atom is -0.351 e. The van der Waals surface area contributed by atoms with Gasteiger partial charge in [0.1, 0.15) is 5.39 Å². The van der Waals surface area contributed by atoms with Gasteiger partial charge in [0.2, 0.25) is 5.91 Å². The highest BCUT2D eigenvalue weighted by Gasteiger charge is 2.29. The topological polar surface area (TPSA) is 100 Å². The third kappa shape index (κ3) is 4.57. The Labute approximate surface area is 190 Å². The zero-order valence-electron chi connectivity index (χ0n) is 18.4. The van der Waals surface area contributed by atoms with Gasteiger partial charge in [0.25, 0.3) is 5.56 Å². The first-order chi connectivity index (χ1) is 15.5. The number of amides is 1. The molecule has 0 spiro atoms. The van der Waals surface area contributed by atoms with Gasteiger partial charge in [-0.25, -0.2) is 9.67 Å². The number of aryl methyl sites for hydroxylation is 1. The lowest BCUT2D eigenvalue weighted by Crippen LogP contribution is -2.37. The number of fused-ring (bicyclic) bond motifs is 2. The van der Waals surface area contributed by atoms with E-state index in [0.717, 1.165) is 11.3 Å². The van der Waals surface area contributed by atoms with E-state index >= 15 is 0 Å². The van der Waals surface area contributed by atoms with Crippen molar-refractivity contribution in [3.05, 3.63) is 46.4 Å². The molecule has 32 heavy (non-hydrogen) atoms. The summed E-state index contributed by atoms with van der Waals surface area (Å²) < 4.78 is 14.2. The van der Waals surface area contributed by atoms with Crippen molar-refractivity contribution in [2.45, 2.75) is 44.7 Å². The summed E-state index contributed by atoms with van der Waals surface area (Å²) in [7, 11) is 0. The Hall–Kier alpha value is -2.69. The van der Waals surface area contributed by atoms with Crippen molar-refractivity contribution in [3.63, 3.8) is 0 Å². The lowest BCUT2D eigenvalue weighted by molar-refractivity contribution is -0.140. The van der Waals surface area contributed by atoms with E-state index in [-0.39, 0.29) is 30.5 Å². The number of carbonyl (C=O) groups excluding carboxylic acids is 1. The molecule has 0 bridgehead atoms. The standard InChI is InChI=1S/C22H27N5O4S/c1-4-30-19(31-5-2)12-23-18(28)10-16-13-32-22-25-20-17(21(29)26(16)22)11-24-27(20)15-8-6-7-14(3)9-15/h6-9,11,16,19H,4-5,10,12-13H2,1-3H3,(H,23,28). The van der Waals surface area contributed by atoms with Gasteiger partial charge in [-0.1, -0.05) is 23.9 Å². The van der Waals surface area contributed by atoms with E-state index in [2.05, 4.69) is 10.4 Å². The van der Waals surface area contributed by atoms with E-state index in [0.29, 0.717) is 35.2 Å². The van der Waals surface area contributed by atoms with Gasteiger partial charge < -0.3 is 14.8 Å². The van der Waals surface area contributed by atoms with Crippen LogP contribution < -0.4 is 10.9 Å². The predicted octanol–water partition coefficient (Wildman–Crippen LogP) is 2.44. The number of benzene rings is 1. The Morgan fingerprint density at radius 1 is 1.31 bits per heavy atom. The SMILES string of the molecule is CCOC(CNC(=O)CC1CSc2nc3c(cnn3-c3cccc(C)c3)c(=O)n21)OCC. The van der Waals surface area contributed by atoms with Crippen LogP contribution in [-0.4, -0.2) is 57.0 Å². The molecule has 0 saturated heterocycles. The Morgan fingerprint density at radius 2 is 2.09 bits per heavy atom. The van der Waals surface area contributed by atoms with Crippen LogP contribution in [0.2, 0.25) is 0 Å². The monoisotopic (exact) mass is 457 g/mol. The Bertz CT molecular complexity index is 1170. The third-order valence-corrected chi connectivity index (χ3v) is 6.31. The van der Waals surface area contributed by atoms with E-state index in [1.807, 2.05) is 45.0 Å². The minimum absolute atomic E-state index is 0.157. The zero-order valence-corrected chi connectivity index (χ0v) is 19.2. The number of nitrogens with zero attached hydrogens (tertiary/aromatic N) is 4. The second-order valence-electron chi connectivity index (χ2n) is 7.52. The molecule has 0 radical (unpaired) electrons. The second kappa shape index (κ2) is 9.85. The van der Waals surface area contributed by atoms with Crippen LogP contribution in [0, 0.1) is 6.92 Å². The summed E-state index contributed by atoms with van der Waals surface area (Å²) in [5, 5.41) is 8.30. The fourth-order valence-corrected chi connectivity index (χ4v) is 4.88. The van der Waals surface area contributed by atoms with E-state index < -0.39 is 6.29 Å². The van der Waals surface area contributed by atoms with Crippen LogP contribution in [0.15, 0.2) is 40.4 Å². The summed E-state index contributed by atoms with van der Waals surface area (Å²) in [6.07, 6.45) is 1.26. The summed E-state index contributed by atoms with van der Waals surface area (Å²) in [4.78, 5) is 30.5. The number of hydrogen-bond acceptors (Lipinski definition) is 7. The highest BCUT2D eigenvalue weighted by Crippen LogP contribution is 2.33. The molecule has 1 aliphatic rings. The van der Waals surface area contributed by atoms with Crippen molar-refractivity contribution >= 4 is 28.7 Å². The molecule has 10 heteroatoms. The minimum atomic E-state index is -0.476. The van der Waals surface area contributed by atoms with Crippen LogP contribution in [0.5, 0.6) is 0 Å². The van der Waals surface area contributed by atoms with Gasteiger partial charge in [-0.05, 0) is 38.5 Å². The number of carbonyl (C=O) groups is 1. The van der Waals surface area contributed by atoms with E-state index in [1.54, 1.807) is 15.4 Å². The van der Waals surface area contributed by atoms with Crippen molar-refractivity contribution in [1.82, 2.24) is 24.6 Å². The van der Waals surface area contributed by atoms with Gasteiger partial charge in [-0.15, -0.1) is 0 Å². The molecule has 3 aromatic rings. The number of rotatable bonds is 9. The number of aromatic nitrogens is 4. The first-order valence-electron chi connectivity index (χ1n) is 10.7. The van der Waals surface area contributed by atoms with Crippen molar-refractivity contribution in [3.8, 4) is 5.69 Å². The fourth-order valence-electron chi connectivity index (χ4n) is 3.75. The van der Waals surface area contributed by atoms with Crippen molar-refractivity contribution in [2.24, 2.45) is 0 Å². The predicted molar refractivity (Wildman–Crippen MR) is 122 cm³/mol. The molecule has 0 aliphatic carbocycles.